The van der Waals surface area contributed by atoms with E-state index in [1.54, 1.807) is 24.8 Å². The quantitative estimate of drug-likeness (QED) is 0.704. The van der Waals surface area contributed by atoms with Gasteiger partial charge < -0.3 is 10.2 Å². The third kappa shape index (κ3) is 4.96. The molecule has 1 amide bonds. The van der Waals surface area contributed by atoms with Crippen molar-refractivity contribution >= 4 is 17.4 Å². The second-order valence-electron chi connectivity index (χ2n) is 6.88. The first kappa shape index (κ1) is 18.6. The van der Waals surface area contributed by atoms with Crippen molar-refractivity contribution in [2.75, 3.05) is 23.3 Å². The number of carbonyl (C=O) groups excluding carboxylic acids is 1. The van der Waals surface area contributed by atoms with Crippen LogP contribution >= 0.6 is 0 Å². The maximum atomic E-state index is 12.8. The van der Waals surface area contributed by atoms with Gasteiger partial charge in [-0.05, 0) is 49.1 Å². The summed E-state index contributed by atoms with van der Waals surface area (Å²) in [4.78, 5) is 27.6. The standard InChI is InChI=1S/C23H21N5O/c29-23(19-6-4-14-28(17-19)22-16-24-12-13-26-22)27-21-8-3-5-18(15-21)9-10-20-7-1-2-11-25-20/h1-3,5,7-8,11-13,15-16,19H,4,6,14,17H2,(H,27,29)/t19-/m1/s1. The lowest BCUT2D eigenvalue weighted by atomic mass is 9.97. The monoisotopic (exact) mass is 383 g/mol. The van der Waals surface area contributed by atoms with Crippen molar-refractivity contribution in [3.05, 3.63) is 78.5 Å². The van der Waals surface area contributed by atoms with Gasteiger partial charge in [0.25, 0.3) is 0 Å². The Morgan fingerprint density at radius 2 is 2.03 bits per heavy atom. The maximum Gasteiger partial charge on any atom is 0.229 e. The minimum atomic E-state index is -0.0889. The molecule has 0 bridgehead atoms. The number of pyridine rings is 1. The van der Waals surface area contributed by atoms with Crippen LogP contribution in [-0.2, 0) is 4.79 Å². The van der Waals surface area contributed by atoms with E-state index in [9.17, 15) is 4.79 Å². The van der Waals surface area contributed by atoms with Gasteiger partial charge in [-0.15, -0.1) is 0 Å². The molecular formula is C23H21N5O. The van der Waals surface area contributed by atoms with Gasteiger partial charge in [0.2, 0.25) is 5.91 Å². The van der Waals surface area contributed by atoms with Crippen LogP contribution in [0.15, 0.2) is 67.3 Å². The molecule has 3 aromatic rings. The van der Waals surface area contributed by atoms with Crippen LogP contribution in [0.2, 0.25) is 0 Å². The van der Waals surface area contributed by atoms with E-state index in [1.807, 2.05) is 42.5 Å². The molecule has 144 valence electrons. The minimum absolute atomic E-state index is 0.0217. The number of piperidine rings is 1. The maximum absolute atomic E-state index is 12.8. The van der Waals surface area contributed by atoms with E-state index in [0.29, 0.717) is 12.2 Å². The van der Waals surface area contributed by atoms with Gasteiger partial charge in [0.1, 0.15) is 11.5 Å². The van der Waals surface area contributed by atoms with Crippen LogP contribution in [-0.4, -0.2) is 33.9 Å². The van der Waals surface area contributed by atoms with Crippen molar-refractivity contribution in [1.29, 1.82) is 0 Å². The van der Waals surface area contributed by atoms with Gasteiger partial charge in [-0.1, -0.05) is 18.1 Å². The van der Waals surface area contributed by atoms with Gasteiger partial charge in [-0.3, -0.25) is 9.78 Å². The van der Waals surface area contributed by atoms with Crippen molar-refractivity contribution in [3.8, 4) is 11.8 Å². The summed E-state index contributed by atoms with van der Waals surface area (Å²) in [5, 5.41) is 3.04. The van der Waals surface area contributed by atoms with E-state index in [0.717, 1.165) is 36.5 Å². The van der Waals surface area contributed by atoms with Crippen molar-refractivity contribution in [2.24, 2.45) is 5.92 Å². The molecule has 1 N–H and O–H groups in total. The molecule has 0 saturated carbocycles. The van der Waals surface area contributed by atoms with Crippen LogP contribution in [0.1, 0.15) is 24.1 Å². The molecule has 29 heavy (non-hydrogen) atoms. The molecule has 1 fully saturated rings. The van der Waals surface area contributed by atoms with Crippen molar-refractivity contribution in [2.45, 2.75) is 12.8 Å². The first-order chi connectivity index (χ1) is 14.3. The summed E-state index contributed by atoms with van der Waals surface area (Å²) >= 11 is 0. The molecule has 3 heterocycles. The Kier molecular flexibility index (Phi) is 5.77. The van der Waals surface area contributed by atoms with Crippen LogP contribution in [0, 0.1) is 17.8 Å². The normalized spacial score (nSPS) is 15.9. The summed E-state index contributed by atoms with van der Waals surface area (Å²) in [7, 11) is 0. The molecule has 1 saturated heterocycles. The zero-order valence-corrected chi connectivity index (χ0v) is 16.0. The SMILES string of the molecule is O=C(Nc1cccc(C#Cc2ccccn2)c1)[C@@H]1CCCN(c2cnccn2)C1. The fourth-order valence-electron chi connectivity index (χ4n) is 3.35. The molecule has 6 nitrogen and oxygen atoms in total. The average molecular weight is 383 g/mol. The van der Waals surface area contributed by atoms with Gasteiger partial charge in [0, 0.05) is 42.9 Å². The number of aromatic nitrogens is 3. The predicted octanol–water partition coefficient (Wildman–Crippen LogP) is 3.13. The molecule has 0 unspecified atom stereocenters. The van der Waals surface area contributed by atoms with Crippen LogP contribution in [0.5, 0.6) is 0 Å². The molecule has 1 aliphatic heterocycles. The van der Waals surface area contributed by atoms with Gasteiger partial charge in [0.05, 0.1) is 12.1 Å². The van der Waals surface area contributed by atoms with Crippen LogP contribution in [0.4, 0.5) is 11.5 Å². The number of hydrogen-bond acceptors (Lipinski definition) is 5. The highest BCUT2D eigenvalue weighted by Gasteiger charge is 2.26. The summed E-state index contributed by atoms with van der Waals surface area (Å²) in [5.74, 6) is 6.88. The molecule has 4 rings (SSSR count). The van der Waals surface area contributed by atoms with Crippen LogP contribution in [0.3, 0.4) is 0 Å². The van der Waals surface area contributed by atoms with Gasteiger partial charge in [-0.25, -0.2) is 9.97 Å². The Bertz CT molecular complexity index is 1030. The van der Waals surface area contributed by atoms with Crippen LogP contribution in [0.25, 0.3) is 0 Å². The summed E-state index contributed by atoms with van der Waals surface area (Å²) in [6.45, 7) is 1.53. The highest BCUT2D eigenvalue weighted by Crippen LogP contribution is 2.22. The van der Waals surface area contributed by atoms with Gasteiger partial charge in [0.15, 0.2) is 0 Å². The van der Waals surface area contributed by atoms with Gasteiger partial charge >= 0.3 is 0 Å². The van der Waals surface area contributed by atoms with E-state index in [4.69, 9.17) is 0 Å². The summed E-state index contributed by atoms with van der Waals surface area (Å²) in [6.07, 6.45) is 8.60. The third-order valence-corrected chi connectivity index (χ3v) is 4.80. The number of carbonyl (C=O) groups is 1. The Morgan fingerprint density at radius 1 is 1.07 bits per heavy atom. The van der Waals surface area contributed by atoms with E-state index in [1.165, 1.54) is 0 Å². The fraction of sp³-hybridized carbons (Fsp3) is 0.217. The number of nitrogens with zero attached hydrogens (tertiary/aromatic N) is 4. The van der Waals surface area contributed by atoms with E-state index in [-0.39, 0.29) is 11.8 Å². The smallest absolute Gasteiger partial charge is 0.229 e. The Morgan fingerprint density at radius 3 is 2.86 bits per heavy atom. The number of anilines is 2. The number of rotatable bonds is 3. The fourth-order valence-corrected chi connectivity index (χ4v) is 3.35. The minimum Gasteiger partial charge on any atom is -0.355 e. The average Bonchev–Trinajstić information content (AvgIpc) is 2.79. The molecule has 0 aliphatic carbocycles. The summed E-state index contributed by atoms with van der Waals surface area (Å²) < 4.78 is 0. The first-order valence-electron chi connectivity index (χ1n) is 9.63. The lowest BCUT2D eigenvalue weighted by Gasteiger charge is -2.32. The second kappa shape index (κ2) is 8.98. The highest BCUT2D eigenvalue weighted by atomic mass is 16.1. The van der Waals surface area contributed by atoms with Crippen molar-refractivity contribution < 1.29 is 4.79 Å². The van der Waals surface area contributed by atoms with Crippen molar-refractivity contribution in [3.63, 3.8) is 0 Å². The first-order valence-corrected chi connectivity index (χ1v) is 9.63. The van der Waals surface area contributed by atoms with E-state index >= 15 is 0 Å². The number of benzene rings is 1. The van der Waals surface area contributed by atoms with E-state index < -0.39 is 0 Å². The summed E-state index contributed by atoms with van der Waals surface area (Å²) in [5.41, 5.74) is 2.30. The molecule has 1 atom stereocenters. The molecular weight excluding hydrogens is 362 g/mol. The van der Waals surface area contributed by atoms with E-state index in [2.05, 4.69) is 37.0 Å². The number of hydrogen-bond donors (Lipinski definition) is 1. The Labute approximate surface area is 170 Å². The zero-order valence-electron chi connectivity index (χ0n) is 16.0. The van der Waals surface area contributed by atoms with Gasteiger partial charge in [-0.2, -0.15) is 0 Å². The highest BCUT2D eigenvalue weighted by molar-refractivity contribution is 5.93. The van der Waals surface area contributed by atoms with Crippen molar-refractivity contribution in [1.82, 2.24) is 15.0 Å². The molecule has 0 radical (unpaired) electrons. The second-order valence-corrected chi connectivity index (χ2v) is 6.88. The lowest BCUT2D eigenvalue weighted by molar-refractivity contribution is -0.120. The molecule has 0 spiro atoms. The molecule has 1 aliphatic rings. The topological polar surface area (TPSA) is 71.0 Å². The number of nitrogens with one attached hydrogen (secondary N) is 1. The molecule has 6 heteroatoms. The molecule has 2 aromatic heterocycles. The zero-order chi connectivity index (χ0) is 19.9. The third-order valence-electron chi connectivity index (χ3n) is 4.80. The lowest BCUT2D eigenvalue weighted by Crippen LogP contribution is -2.41. The van der Waals surface area contributed by atoms with Crippen LogP contribution < -0.4 is 10.2 Å². The Hall–Kier alpha value is -3.72. The Balaban J connectivity index is 1.41. The largest absolute Gasteiger partial charge is 0.355 e. The number of amides is 1. The summed E-state index contributed by atoms with van der Waals surface area (Å²) in [6, 6.07) is 13.2. The molecule has 1 aromatic carbocycles. The predicted molar refractivity (Wildman–Crippen MR) is 112 cm³/mol.